The molecule has 3 aliphatic rings. The smallest absolute Gasteiger partial charge is 0.870 e. The number of aliphatic carboxylic acids is 1. The number of benzene rings is 5. The second-order valence-electron chi connectivity index (χ2n) is 23.6. The summed E-state index contributed by atoms with van der Waals surface area (Å²) in [5, 5.41) is 9.30. The minimum Gasteiger partial charge on any atom is -0.870 e. The molecule has 0 saturated carbocycles. The van der Waals surface area contributed by atoms with Gasteiger partial charge in [0.15, 0.2) is 17.5 Å². The fourth-order valence-corrected chi connectivity index (χ4v) is 13.3. The molecule has 24 heteroatoms. The van der Waals surface area contributed by atoms with E-state index >= 15 is 0 Å². The maximum atomic E-state index is 12.8. The van der Waals surface area contributed by atoms with Gasteiger partial charge in [-0.1, -0.05) is 48.5 Å². The minimum absolute atomic E-state index is 0. The first kappa shape index (κ1) is 77.6. The molecule has 1 fully saturated rings. The molecule has 0 bridgehead atoms. The van der Waals surface area contributed by atoms with Crippen molar-refractivity contribution in [2.24, 2.45) is 0 Å². The number of carbonyl (C=O) groups is 3. The van der Waals surface area contributed by atoms with Crippen molar-refractivity contribution in [1.82, 2.24) is 9.80 Å². The summed E-state index contributed by atoms with van der Waals surface area (Å²) in [5.74, 6) is -0.198. The number of alkyl halides is 9. The predicted molar refractivity (Wildman–Crippen MR) is 348 cm³/mol. The quantitative estimate of drug-likeness (QED) is 0.0453. The number of halogens is 9. The molecule has 2 N–H and O–H groups in total. The van der Waals surface area contributed by atoms with E-state index in [-0.39, 0.29) is 35.0 Å². The maximum Gasteiger partial charge on any atom is 1.00 e. The van der Waals surface area contributed by atoms with Gasteiger partial charge in [-0.15, -0.1) is 34.0 Å². The van der Waals surface area contributed by atoms with Crippen molar-refractivity contribution >= 4 is 52.2 Å². The van der Waals surface area contributed by atoms with Crippen molar-refractivity contribution in [3.8, 4) is 42.8 Å². The van der Waals surface area contributed by atoms with Crippen LogP contribution < -0.4 is 39.0 Å². The normalized spacial score (nSPS) is 15.2. The van der Waals surface area contributed by atoms with Crippen LogP contribution in [-0.2, 0) is 76.4 Å². The number of aldehydes is 1. The predicted octanol–water partition coefficient (Wildman–Crippen LogP) is 15.3. The Morgan fingerprint density at radius 2 is 0.926 bits per heavy atom. The van der Waals surface area contributed by atoms with E-state index in [2.05, 4.69) is 28.9 Å². The molecule has 3 aromatic heterocycles. The Morgan fingerprint density at radius 3 is 1.25 bits per heavy atom. The number of rotatable bonds is 15. The van der Waals surface area contributed by atoms with E-state index in [1.165, 1.54) is 96.0 Å². The second-order valence-corrected chi connectivity index (χ2v) is 27.0. The fraction of sp³-hybridized carbons (Fsp3) is 0.366. The number of hydrogen-bond acceptors (Lipinski definition) is 13. The number of fused-ring (bicyclic) bond motifs is 2. The third-order valence-corrected chi connectivity index (χ3v) is 18.9. The average molecular weight is 1390 g/mol. The number of carboxylic acid groups (broad SMARTS) is 1. The van der Waals surface area contributed by atoms with Crippen molar-refractivity contribution in [3.05, 3.63) is 199 Å². The van der Waals surface area contributed by atoms with Crippen LogP contribution in [0.2, 0.25) is 0 Å². The summed E-state index contributed by atoms with van der Waals surface area (Å²) in [6.07, 6.45) is -5.69. The monoisotopic (exact) mass is 1390 g/mol. The molecule has 0 spiro atoms. The molecular weight excluding hydrogens is 1310 g/mol. The Balaban J connectivity index is 0.000000224. The van der Waals surface area contributed by atoms with E-state index in [0.29, 0.717) is 34.7 Å². The summed E-state index contributed by atoms with van der Waals surface area (Å²) in [6.45, 7) is 16.8. The largest absolute Gasteiger partial charge is 1.00 e. The number of ether oxygens (including phenoxy) is 4. The van der Waals surface area contributed by atoms with Crippen LogP contribution >= 0.6 is 34.0 Å². The fourth-order valence-electron chi connectivity index (χ4n) is 10.4. The number of hydrogen-bond donors (Lipinski definition) is 1. The molecule has 1 unspecified atom stereocenters. The summed E-state index contributed by atoms with van der Waals surface area (Å²) in [6, 6.07) is 38.7. The SMILES string of the molecule is CC(C)(Oc1ccc2c(c1)CCN(Cc1ccc(-c3ccc(C(F)(F)F)cc3)s1)CC2)C(=O)O.CC1CCCO1.CCOC(=O)C(C)(C)Oc1ccc2c(c1)CCN(Cc1ccc(-c3ccc(C(F)(F)F)cc3)s1)CC2.O=Cc1ccc(-c2ccc(C(F)(F)F)cc2)s1.[Na+].[OH-]. The number of esters is 1. The standard InChI is InChI=1S/C28H30F3NO3S.C26H26F3NO3S.C12H7F3OS.C5H10O.Na.H2O/c1-4-34-26(33)27(2,3)35-23-10-7-19-13-15-32(16-14-21(19)17-23)18-24-11-12-25(36-24)20-5-8-22(9-6-20)28(29,30)31;1-25(2,24(31)32)33-21-8-5-17-11-13-30(14-12-19(17)15-21)16-22-9-10-23(34-22)18-3-6-20(7-4-18)26(27,28)29;13-12(14,15)9-3-1-8(2-4-9)11-6-5-10(7-16)17-11;1-5-3-2-4-6-5;;/h5-12,17H,4,13-16,18H2,1-3H3;3-10,15H,11-14,16H2,1-2H3,(H,31,32);1-7H;5H,2-4H2,1H3;;1H2/q;;;;+1;/p-1. The minimum atomic E-state index is -4.33. The van der Waals surface area contributed by atoms with Crippen molar-refractivity contribution in [3.63, 3.8) is 0 Å². The molecule has 6 heterocycles. The van der Waals surface area contributed by atoms with Gasteiger partial charge in [0.05, 0.1) is 34.3 Å². The first-order valence-corrected chi connectivity index (χ1v) is 32.7. The van der Waals surface area contributed by atoms with E-state index in [1.807, 2.05) is 48.5 Å². The molecule has 8 aromatic rings. The zero-order valence-corrected chi connectivity index (χ0v) is 58.1. The van der Waals surface area contributed by atoms with E-state index in [4.69, 9.17) is 18.9 Å². The maximum absolute atomic E-state index is 12.8. The Morgan fingerprint density at radius 1 is 0.547 bits per heavy atom. The van der Waals surface area contributed by atoms with Gasteiger partial charge in [-0.3, -0.25) is 14.6 Å². The number of thiophene rings is 3. The Bertz CT molecular complexity index is 3770. The molecule has 0 amide bonds. The summed E-state index contributed by atoms with van der Waals surface area (Å²) in [4.78, 5) is 44.4. The van der Waals surface area contributed by atoms with Gasteiger partial charge in [0, 0.05) is 70.3 Å². The molecule has 5 aromatic carbocycles. The first-order valence-electron chi connectivity index (χ1n) is 30.3. The summed E-state index contributed by atoms with van der Waals surface area (Å²) >= 11 is 4.46. The molecule has 95 heavy (non-hydrogen) atoms. The van der Waals surface area contributed by atoms with Crippen LogP contribution in [0.4, 0.5) is 39.5 Å². The zero-order chi connectivity index (χ0) is 67.3. The molecular formula is C71H74F9N2NaO9S3. The van der Waals surface area contributed by atoms with Gasteiger partial charge >= 0.3 is 60.0 Å². The molecule has 11 rings (SSSR count). The van der Waals surface area contributed by atoms with Gasteiger partial charge in [0.1, 0.15) is 11.5 Å². The zero-order valence-electron chi connectivity index (χ0n) is 53.7. The topological polar surface area (TPSA) is 145 Å². The van der Waals surface area contributed by atoms with Gasteiger partial charge < -0.3 is 29.5 Å². The van der Waals surface area contributed by atoms with Crippen LogP contribution in [0.15, 0.2) is 146 Å². The molecule has 504 valence electrons. The molecule has 1 atom stereocenters. The number of carbonyl (C=O) groups excluding carboxylic acids is 2. The van der Waals surface area contributed by atoms with Crippen molar-refractivity contribution in [1.29, 1.82) is 0 Å². The van der Waals surface area contributed by atoms with Gasteiger partial charge in [-0.25, -0.2) is 9.59 Å². The van der Waals surface area contributed by atoms with Crippen molar-refractivity contribution in [2.75, 3.05) is 39.4 Å². The molecule has 0 aliphatic carbocycles. The third kappa shape index (κ3) is 22.6. The molecule has 1 saturated heterocycles. The summed E-state index contributed by atoms with van der Waals surface area (Å²) < 4.78 is 136. The Kier molecular flexibility index (Phi) is 28.0. The van der Waals surface area contributed by atoms with Crippen molar-refractivity contribution in [2.45, 2.75) is 129 Å². The van der Waals surface area contributed by atoms with Crippen LogP contribution in [0.25, 0.3) is 31.3 Å². The van der Waals surface area contributed by atoms with E-state index in [1.54, 1.807) is 55.6 Å². The average Bonchev–Trinajstić information content (AvgIpc) is 1.82. The van der Waals surface area contributed by atoms with E-state index in [9.17, 15) is 59.0 Å². The summed E-state index contributed by atoms with van der Waals surface area (Å²) in [7, 11) is 0. The van der Waals surface area contributed by atoms with E-state index < -0.39 is 58.4 Å². The number of nitrogens with zero attached hydrogens (tertiary/aromatic N) is 2. The molecule has 3 aliphatic heterocycles. The summed E-state index contributed by atoms with van der Waals surface area (Å²) in [5.41, 5.74) is 2.83. The number of carboxylic acids is 1. The van der Waals surface area contributed by atoms with Crippen LogP contribution in [-0.4, -0.2) is 95.3 Å². The van der Waals surface area contributed by atoms with Gasteiger partial charge in [-0.2, -0.15) is 39.5 Å². The van der Waals surface area contributed by atoms with Crippen LogP contribution in [0.5, 0.6) is 11.5 Å². The van der Waals surface area contributed by atoms with Crippen LogP contribution in [0.1, 0.15) is 113 Å². The first-order chi connectivity index (χ1) is 44.0. The van der Waals surface area contributed by atoms with Gasteiger partial charge in [0.2, 0.25) is 0 Å². The Labute approximate surface area is 581 Å². The van der Waals surface area contributed by atoms with Crippen molar-refractivity contribution < 1.29 is 113 Å². The van der Waals surface area contributed by atoms with Gasteiger partial charge in [-0.05, 0) is 216 Å². The second kappa shape index (κ2) is 34.2. The van der Waals surface area contributed by atoms with Gasteiger partial charge in [0.25, 0.3) is 0 Å². The van der Waals surface area contributed by atoms with Crippen LogP contribution in [0, 0.1) is 0 Å². The molecule has 0 radical (unpaired) electrons. The van der Waals surface area contributed by atoms with Crippen LogP contribution in [0.3, 0.4) is 0 Å². The Hall–Kier alpha value is -6.38. The third-order valence-electron chi connectivity index (χ3n) is 15.6. The molecule has 11 nitrogen and oxygen atoms in total. The van der Waals surface area contributed by atoms with E-state index in [0.717, 1.165) is 150 Å².